The number of anilines is 2. The number of nitrogens with zero attached hydrogens (tertiary/aromatic N) is 3. The van der Waals surface area contributed by atoms with E-state index in [1.54, 1.807) is 13.0 Å². The van der Waals surface area contributed by atoms with Gasteiger partial charge in [0.25, 0.3) is 0 Å². The van der Waals surface area contributed by atoms with Gasteiger partial charge in [0.05, 0.1) is 24.4 Å². The van der Waals surface area contributed by atoms with E-state index >= 15 is 0 Å². The van der Waals surface area contributed by atoms with E-state index in [-0.39, 0.29) is 28.5 Å². The lowest BCUT2D eigenvalue weighted by atomic mass is 9.98. The van der Waals surface area contributed by atoms with Gasteiger partial charge in [-0.1, -0.05) is 11.6 Å². The number of nitrogens with one attached hydrogen (secondary N) is 2. The molecule has 3 N–H and O–H groups in total. The van der Waals surface area contributed by atoms with Crippen molar-refractivity contribution in [3.8, 4) is 11.9 Å². The first-order valence-electron chi connectivity index (χ1n) is 7.65. The van der Waals surface area contributed by atoms with Crippen molar-refractivity contribution < 1.29 is 14.2 Å². The highest BCUT2D eigenvalue weighted by Crippen LogP contribution is 2.32. The summed E-state index contributed by atoms with van der Waals surface area (Å²) in [6.45, 7) is 1.81. The van der Waals surface area contributed by atoms with Gasteiger partial charge in [-0.15, -0.1) is 0 Å². The molecule has 1 aliphatic heterocycles. The maximum Gasteiger partial charge on any atom is 0.236 e. The van der Waals surface area contributed by atoms with Crippen molar-refractivity contribution in [3.05, 3.63) is 45.9 Å². The molecular formula is C17H15ClFN5O2. The molecule has 26 heavy (non-hydrogen) atoms. The maximum atomic E-state index is 13.6. The van der Waals surface area contributed by atoms with E-state index in [1.807, 2.05) is 6.07 Å². The summed E-state index contributed by atoms with van der Waals surface area (Å²) in [7, 11) is 1.41. The summed E-state index contributed by atoms with van der Waals surface area (Å²) in [5.41, 5.74) is 1.91. The molecule has 1 aromatic heterocycles. The van der Waals surface area contributed by atoms with Gasteiger partial charge in [-0.05, 0) is 30.7 Å². The molecule has 1 aliphatic rings. The first kappa shape index (κ1) is 17.9. The quantitative estimate of drug-likeness (QED) is 0.754. The molecule has 7 nitrogen and oxygen atoms in total. The van der Waals surface area contributed by atoms with Crippen molar-refractivity contribution in [3.63, 3.8) is 0 Å². The largest absolute Gasteiger partial charge is 0.480 e. The number of hydrogen-bond acceptors (Lipinski definition) is 7. The normalized spacial score (nSPS) is 16.6. The highest BCUT2D eigenvalue weighted by Gasteiger charge is 2.24. The van der Waals surface area contributed by atoms with Crippen molar-refractivity contribution in [1.82, 2.24) is 9.97 Å². The number of rotatable bonds is 4. The minimum absolute atomic E-state index is 0.00156. The van der Waals surface area contributed by atoms with Crippen molar-refractivity contribution in [2.24, 2.45) is 0 Å². The maximum absolute atomic E-state index is 13.6. The van der Waals surface area contributed by atoms with Crippen molar-refractivity contribution in [2.45, 2.75) is 19.2 Å². The van der Waals surface area contributed by atoms with Crippen molar-refractivity contribution >= 4 is 29.3 Å². The van der Waals surface area contributed by atoms with Gasteiger partial charge in [0.1, 0.15) is 23.7 Å². The Morgan fingerprint density at radius 3 is 2.96 bits per heavy atom. The van der Waals surface area contributed by atoms with E-state index in [0.29, 0.717) is 16.8 Å². The Kier molecular flexibility index (Phi) is 4.93. The molecule has 2 aromatic rings. The van der Waals surface area contributed by atoms with Crippen LogP contribution in [-0.2, 0) is 0 Å². The smallest absolute Gasteiger partial charge is 0.236 e. The molecule has 134 valence electrons. The fourth-order valence-corrected chi connectivity index (χ4v) is 2.77. The van der Waals surface area contributed by atoms with Crippen molar-refractivity contribution in [2.75, 3.05) is 17.7 Å². The van der Waals surface area contributed by atoms with Gasteiger partial charge in [-0.2, -0.15) is 10.2 Å². The standard InChI is InChI=1S/C17H15ClFN5O2/c1-8(22-17-21-7-10(6-20)16(24-17)26-2)11-3-9-4-12(18)13(19)5-14(9)23-15(11)25/h3-5,7-8,15,23,25H,1-2H3,(H,21,22,24)/t8-,15?/m1/s1. The van der Waals surface area contributed by atoms with Gasteiger partial charge in [0.2, 0.25) is 11.8 Å². The summed E-state index contributed by atoms with van der Waals surface area (Å²) in [4.78, 5) is 8.19. The van der Waals surface area contributed by atoms with E-state index in [9.17, 15) is 9.50 Å². The van der Waals surface area contributed by atoms with E-state index in [4.69, 9.17) is 21.6 Å². The molecule has 2 atom stereocenters. The van der Waals surface area contributed by atoms with E-state index in [2.05, 4.69) is 20.6 Å². The number of halogens is 2. The van der Waals surface area contributed by atoms with Crippen molar-refractivity contribution in [1.29, 1.82) is 5.26 Å². The van der Waals surface area contributed by atoms with Crippen LogP contribution in [-0.4, -0.2) is 34.5 Å². The van der Waals surface area contributed by atoms with Crippen LogP contribution in [0.5, 0.6) is 5.88 Å². The number of methoxy groups -OCH3 is 1. The number of hydrogen-bond donors (Lipinski definition) is 3. The average molecular weight is 376 g/mol. The van der Waals surface area contributed by atoms with Crippen LogP contribution >= 0.6 is 11.6 Å². The molecule has 1 unspecified atom stereocenters. The van der Waals surface area contributed by atoms with E-state index < -0.39 is 12.0 Å². The number of benzene rings is 1. The fraction of sp³-hybridized carbons (Fsp3) is 0.235. The lowest BCUT2D eigenvalue weighted by Crippen LogP contribution is -2.34. The molecule has 3 rings (SSSR count). The third-order valence-corrected chi connectivity index (χ3v) is 4.23. The van der Waals surface area contributed by atoms with Gasteiger partial charge in [-0.25, -0.2) is 9.37 Å². The molecule has 0 spiro atoms. The molecule has 0 aliphatic carbocycles. The lowest BCUT2D eigenvalue weighted by molar-refractivity contribution is 0.234. The van der Waals surface area contributed by atoms with E-state index in [0.717, 1.165) is 0 Å². The third-order valence-electron chi connectivity index (χ3n) is 3.94. The molecule has 1 aromatic carbocycles. The molecule has 0 fully saturated rings. The molecular weight excluding hydrogens is 361 g/mol. The number of aliphatic hydroxyl groups is 1. The van der Waals surface area contributed by atoms with E-state index in [1.165, 1.54) is 25.4 Å². The van der Waals surface area contributed by atoms with Crippen LogP contribution in [0.15, 0.2) is 23.9 Å². The van der Waals surface area contributed by atoms with Crippen LogP contribution in [0.2, 0.25) is 5.02 Å². The van der Waals surface area contributed by atoms with Gasteiger partial charge in [0, 0.05) is 11.3 Å². The molecule has 0 radical (unpaired) electrons. The number of fused-ring (bicyclic) bond motifs is 1. The Morgan fingerprint density at radius 2 is 2.27 bits per heavy atom. The summed E-state index contributed by atoms with van der Waals surface area (Å²) in [6, 6.07) is 4.29. The molecule has 9 heteroatoms. The lowest BCUT2D eigenvalue weighted by Gasteiger charge is -2.28. The predicted octanol–water partition coefficient (Wildman–Crippen LogP) is 2.78. The minimum Gasteiger partial charge on any atom is -0.480 e. The summed E-state index contributed by atoms with van der Waals surface area (Å²) < 4.78 is 18.6. The SMILES string of the molecule is COc1nc(N[C@H](C)C2=Cc3cc(Cl)c(F)cc3NC2O)ncc1C#N. The highest BCUT2D eigenvalue weighted by molar-refractivity contribution is 6.31. The van der Waals surface area contributed by atoms with Gasteiger partial charge < -0.3 is 20.5 Å². The monoisotopic (exact) mass is 375 g/mol. The minimum atomic E-state index is -1.02. The van der Waals surface area contributed by atoms with Crippen LogP contribution < -0.4 is 15.4 Å². The third kappa shape index (κ3) is 3.40. The molecule has 0 saturated heterocycles. The summed E-state index contributed by atoms with van der Waals surface area (Å²) >= 11 is 5.83. The number of aliphatic hydroxyl groups excluding tert-OH is 1. The Bertz CT molecular complexity index is 928. The average Bonchev–Trinajstić information content (AvgIpc) is 2.62. The summed E-state index contributed by atoms with van der Waals surface area (Å²) in [5.74, 6) is -0.170. The number of nitriles is 1. The zero-order valence-electron chi connectivity index (χ0n) is 13.9. The topological polar surface area (TPSA) is 103 Å². The van der Waals surface area contributed by atoms with Crippen LogP contribution in [0, 0.1) is 17.1 Å². The zero-order chi connectivity index (χ0) is 18.8. The number of aromatic nitrogens is 2. The Hall–Kier alpha value is -2.89. The highest BCUT2D eigenvalue weighted by atomic mass is 35.5. The number of ether oxygens (including phenoxy) is 1. The van der Waals surface area contributed by atoms with Gasteiger partial charge in [0.15, 0.2) is 0 Å². The Labute approximate surface area is 154 Å². The molecule has 2 heterocycles. The second-order valence-electron chi connectivity index (χ2n) is 5.64. The van der Waals surface area contributed by atoms with Crippen LogP contribution in [0.4, 0.5) is 16.0 Å². The second kappa shape index (κ2) is 7.15. The second-order valence-corrected chi connectivity index (χ2v) is 6.05. The van der Waals surface area contributed by atoms with Crippen LogP contribution in [0.25, 0.3) is 6.08 Å². The first-order valence-corrected chi connectivity index (χ1v) is 8.03. The zero-order valence-corrected chi connectivity index (χ0v) is 14.7. The van der Waals surface area contributed by atoms with Gasteiger partial charge in [-0.3, -0.25) is 0 Å². The Balaban J connectivity index is 1.87. The van der Waals surface area contributed by atoms with Gasteiger partial charge >= 0.3 is 0 Å². The van der Waals surface area contributed by atoms with Crippen LogP contribution in [0.3, 0.4) is 0 Å². The molecule has 0 amide bonds. The summed E-state index contributed by atoms with van der Waals surface area (Å²) in [6.07, 6.45) is 2.05. The Morgan fingerprint density at radius 1 is 1.50 bits per heavy atom. The first-order chi connectivity index (χ1) is 12.4. The predicted molar refractivity (Wildman–Crippen MR) is 95.4 cm³/mol. The molecule has 0 bridgehead atoms. The van der Waals surface area contributed by atoms with Crippen LogP contribution in [0.1, 0.15) is 18.1 Å². The summed E-state index contributed by atoms with van der Waals surface area (Å²) in [5, 5.41) is 25.2. The fourth-order valence-electron chi connectivity index (χ4n) is 2.60. The molecule has 0 saturated carbocycles.